The molecule has 0 amide bonds. The third-order valence-corrected chi connectivity index (χ3v) is 5.41. The summed E-state index contributed by atoms with van der Waals surface area (Å²) < 4.78 is 2.03. The van der Waals surface area contributed by atoms with Gasteiger partial charge in [-0.15, -0.1) is 0 Å². The average Bonchev–Trinajstić information content (AvgIpc) is 3.18. The van der Waals surface area contributed by atoms with Gasteiger partial charge in [0, 0.05) is 51.5 Å². The van der Waals surface area contributed by atoms with E-state index in [1.165, 1.54) is 36.3 Å². The molecule has 1 atom stereocenters. The molecule has 1 aromatic rings. The van der Waals surface area contributed by atoms with Crippen molar-refractivity contribution in [2.24, 2.45) is 12.0 Å². The van der Waals surface area contributed by atoms with Crippen molar-refractivity contribution in [2.75, 3.05) is 33.7 Å². The van der Waals surface area contributed by atoms with Gasteiger partial charge in [0.2, 0.25) is 0 Å². The molecule has 142 valence electrons. The summed E-state index contributed by atoms with van der Waals surface area (Å²) in [6, 6.07) is 0.643. The van der Waals surface area contributed by atoms with Crippen LogP contribution in [-0.4, -0.2) is 65.3 Å². The molecular weight excluding hydrogens is 312 g/mol. The van der Waals surface area contributed by atoms with Crippen LogP contribution in [0.15, 0.2) is 4.99 Å². The fourth-order valence-electron chi connectivity index (χ4n) is 4.07. The Hall–Kier alpha value is -1.56. The molecule has 1 aliphatic rings. The van der Waals surface area contributed by atoms with E-state index in [0.717, 1.165) is 38.4 Å². The Bertz CT molecular complexity index is 577. The van der Waals surface area contributed by atoms with Crippen LogP contribution >= 0.6 is 0 Å². The van der Waals surface area contributed by atoms with Crippen molar-refractivity contribution in [3.05, 3.63) is 17.0 Å². The summed E-state index contributed by atoms with van der Waals surface area (Å²) in [6.07, 6.45) is 4.57. The molecule has 0 aliphatic carbocycles. The summed E-state index contributed by atoms with van der Waals surface area (Å²) in [7, 11) is 6.06. The molecule has 6 heteroatoms. The SMILES string of the molecule is CCc1nn(C)c(CC)c1CNC(=NC)N(C)CC1CCCN1CC. The van der Waals surface area contributed by atoms with Gasteiger partial charge in [-0.25, -0.2) is 0 Å². The van der Waals surface area contributed by atoms with E-state index in [2.05, 4.69) is 53.0 Å². The molecule has 0 bridgehead atoms. The highest BCUT2D eigenvalue weighted by atomic mass is 15.3. The number of nitrogens with one attached hydrogen (secondary N) is 1. The van der Waals surface area contributed by atoms with Gasteiger partial charge in [0.25, 0.3) is 0 Å². The highest BCUT2D eigenvalue weighted by molar-refractivity contribution is 5.79. The van der Waals surface area contributed by atoms with Crippen molar-refractivity contribution < 1.29 is 0 Å². The van der Waals surface area contributed by atoms with Crippen LogP contribution in [-0.2, 0) is 26.4 Å². The summed E-state index contributed by atoms with van der Waals surface area (Å²) in [5, 5.41) is 8.23. The van der Waals surface area contributed by atoms with Crippen molar-refractivity contribution in [3.63, 3.8) is 0 Å². The Kier molecular flexibility index (Phi) is 7.29. The fraction of sp³-hybridized carbons (Fsp3) is 0.789. The van der Waals surface area contributed by atoms with E-state index in [1.807, 2.05) is 18.8 Å². The van der Waals surface area contributed by atoms with Gasteiger partial charge in [-0.1, -0.05) is 20.8 Å². The van der Waals surface area contributed by atoms with Crippen molar-refractivity contribution in [2.45, 2.75) is 59.0 Å². The molecule has 0 spiro atoms. The molecule has 2 rings (SSSR count). The predicted octanol–water partition coefficient (Wildman–Crippen LogP) is 2.04. The Balaban J connectivity index is 2.01. The molecule has 1 unspecified atom stereocenters. The monoisotopic (exact) mass is 348 g/mol. The third-order valence-electron chi connectivity index (χ3n) is 5.41. The number of hydrogen-bond acceptors (Lipinski definition) is 3. The van der Waals surface area contributed by atoms with Gasteiger partial charge < -0.3 is 10.2 Å². The maximum absolute atomic E-state index is 4.67. The summed E-state index contributed by atoms with van der Waals surface area (Å²) in [4.78, 5) is 9.35. The number of hydrogen-bond donors (Lipinski definition) is 1. The lowest BCUT2D eigenvalue weighted by molar-refractivity contribution is 0.232. The Morgan fingerprint density at radius 2 is 2.08 bits per heavy atom. The Morgan fingerprint density at radius 3 is 2.68 bits per heavy atom. The first-order chi connectivity index (χ1) is 12.0. The minimum Gasteiger partial charge on any atom is -0.352 e. The van der Waals surface area contributed by atoms with Crippen LogP contribution < -0.4 is 5.32 Å². The summed E-state index contributed by atoms with van der Waals surface area (Å²) in [6.45, 7) is 10.8. The lowest BCUT2D eigenvalue weighted by Crippen LogP contribution is -2.45. The standard InChI is InChI=1S/C19H36N6/c1-7-17-16(18(8-2)24(6)22-17)13-21-19(20-4)23(5)14-15-11-10-12-25(15)9-3/h15H,7-14H2,1-6H3,(H,20,21). The van der Waals surface area contributed by atoms with Crippen LogP contribution in [0.4, 0.5) is 0 Å². The second kappa shape index (κ2) is 9.22. The van der Waals surface area contributed by atoms with Gasteiger partial charge in [0.05, 0.1) is 5.69 Å². The van der Waals surface area contributed by atoms with E-state index >= 15 is 0 Å². The average molecular weight is 349 g/mol. The summed E-state index contributed by atoms with van der Waals surface area (Å²) in [5.74, 6) is 0.968. The Morgan fingerprint density at radius 1 is 1.32 bits per heavy atom. The quantitative estimate of drug-likeness (QED) is 0.605. The molecule has 0 saturated carbocycles. The lowest BCUT2D eigenvalue weighted by atomic mass is 10.1. The van der Waals surface area contributed by atoms with E-state index in [9.17, 15) is 0 Å². The molecule has 0 radical (unpaired) electrons. The molecule has 1 aromatic heterocycles. The number of guanidine groups is 1. The van der Waals surface area contributed by atoms with E-state index in [4.69, 9.17) is 0 Å². The van der Waals surface area contributed by atoms with Crippen LogP contribution in [0.1, 0.15) is 50.6 Å². The number of likely N-dealkylation sites (tertiary alicyclic amines) is 1. The number of rotatable bonds is 7. The zero-order valence-corrected chi connectivity index (χ0v) is 17.0. The largest absolute Gasteiger partial charge is 0.352 e. The molecule has 25 heavy (non-hydrogen) atoms. The molecule has 1 aliphatic heterocycles. The van der Waals surface area contributed by atoms with Crippen molar-refractivity contribution >= 4 is 5.96 Å². The van der Waals surface area contributed by atoms with Crippen LogP contribution in [0.3, 0.4) is 0 Å². The van der Waals surface area contributed by atoms with Gasteiger partial charge in [-0.05, 0) is 38.8 Å². The normalized spacial score (nSPS) is 18.8. The molecule has 6 nitrogen and oxygen atoms in total. The first kappa shape index (κ1) is 19.8. The molecule has 1 saturated heterocycles. The molecular formula is C19H36N6. The van der Waals surface area contributed by atoms with Crippen LogP contribution in [0, 0.1) is 0 Å². The van der Waals surface area contributed by atoms with Crippen molar-refractivity contribution in [3.8, 4) is 0 Å². The maximum Gasteiger partial charge on any atom is 0.193 e. The van der Waals surface area contributed by atoms with Gasteiger partial charge in [-0.3, -0.25) is 14.6 Å². The van der Waals surface area contributed by atoms with E-state index in [0.29, 0.717) is 6.04 Å². The number of nitrogens with zero attached hydrogens (tertiary/aromatic N) is 5. The smallest absolute Gasteiger partial charge is 0.193 e. The summed E-state index contributed by atoms with van der Waals surface area (Å²) >= 11 is 0. The van der Waals surface area contributed by atoms with E-state index in [-0.39, 0.29) is 0 Å². The summed E-state index contributed by atoms with van der Waals surface area (Å²) in [5.41, 5.74) is 3.84. The van der Waals surface area contributed by atoms with Gasteiger partial charge >= 0.3 is 0 Å². The third kappa shape index (κ3) is 4.54. The van der Waals surface area contributed by atoms with Crippen LogP contribution in [0.5, 0.6) is 0 Å². The van der Waals surface area contributed by atoms with E-state index < -0.39 is 0 Å². The van der Waals surface area contributed by atoms with Crippen molar-refractivity contribution in [1.29, 1.82) is 0 Å². The van der Waals surface area contributed by atoms with Crippen molar-refractivity contribution in [1.82, 2.24) is 24.9 Å². The topological polar surface area (TPSA) is 48.7 Å². The van der Waals surface area contributed by atoms with Crippen LogP contribution in [0.2, 0.25) is 0 Å². The molecule has 1 N–H and O–H groups in total. The zero-order chi connectivity index (χ0) is 18.4. The first-order valence-corrected chi connectivity index (χ1v) is 9.74. The molecule has 0 aromatic carbocycles. The number of aryl methyl sites for hydroxylation is 2. The minimum absolute atomic E-state index is 0.643. The minimum atomic E-state index is 0.643. The zero-order valence-electron chi connectivity index (χ0n) is 17.0. The van der Waals surface area contributed by atoms with Gasteiger partial charge in [-0.2, -0.15) is 5.10 Å². The van der Waals surface area contributed by atoms with Gasteiger partial charge in [0.15, 0.2) is 5.96 Å². The number of likely N-dealkylation sites (N-methyl/N-ethyl adjacent to an activating group) is 2. The fourth-order valence-corrected chi connectivity index (χ4v) is 4.07. The Labute approximate surface area is 153 Å². The highest BCUT2D eigenvalue weighted by Crippen LogP contribution is 2.18. The second-order valence-corrected chi connectivity index (χ2v) is 6.91. The van der Waals surface area contributed by atoms with Crippen LogP contribution in [0.25, 0.3) is 0 Å². The second-order valence-electron chi connectivity index (χ2n) is 6.91. The number of aliphatic imine (C=N–C) groups is 1. The predicted molar refractivity (Wildman–Crippen MR) is 105 cm³/mol. The lowest BCUT2D eigenvalue weighted by Gasteiger charge is -2.29. The van der Waals surface area contributed by atoms with E-state index in [1.54, 1.807) is 0 Å². The van der Waals surface area contributed by atoms with Gasteiger partial charge in [0.1, 0.15) is 0 Å². The first-order valence-electron chi connectivity index (χ1n) is 9.74. The molecule has 2 heterocycles. The number of aromatic nitrogens is 2. The molecule has 1 fully saturated rings. The highest BCUT2D eigenvalue weighted by Gasteiger charge is 2.25. The maximum atomic E-state index is 4.67.